The second-order valence-electron chi connectivity index (χ2n) is 4.19. The summed E-state index contributed by atoms with van der Waals surface area (Å²) in [6.07, 6.45) is 2.48. The molecule has 2 amide bonds. The smallest absolute Gasteiger partial charge is 0.317 e. The highest BCUT2D eigenvalue weighted by Gasteiger charge is 2.10. The van der Waals surface area contributed by atoms with Crippen molar-refractivity contribution < 1.29 is 14.7 Å². The summed E-state index contributed by atoms with van der Waals surface area (Å²) in [6.45, 7) is 2.56. The predicted molar refractivity (Wildman–Crippen MR) is 70.7 cm³/mol. The molecule has 0 aromatic carbocycles. The number of rotatable bonds is 6. The fourth-order valence-corrected chi connectivity index (χ4v) is 1.61. The minimum atomic E-state index is -0.919. The van der Waals surface area contributed by atoms with E-state index in [2.05, 4.69) is 10.3 Å². The number of aryl methyl sites for hydroxylation is 1. The van der Waals surface area contributed by atoms with Gasteiger partial charge in [0.25, 0.3) is 0 Å². The van der Waals surface area contributed by atoms with Crippen LogP contribution in [0, 0.1) is 0 Å². The Morgan fingerprint density at radius 1 is 1.47 bits per heavy atom. The molecular weight excluding hydrogens is 246 g/mol. The highest BCUT2D eigenvalue weighted by atomic mass is 16.4. The molecular formula is C13H19N3O3. The third kappa shape index (κ3) is 4.95. The lowest BCUT2D eigenvalue weighted by molar-refractivity contribution is -0.137. The van der Waals surface area contributed by atoms with Crippen molar-refractivity contribution in [3.8, 4) is 0 Å². The second-order valence-corrected chi connectivity index (χ2v) is 4.19. The summed E-state index contributed by atoms with van der Waals surface area (Å²) in [7, 11) is 1.57. The molecule has 1 rings (SSSR count). The topological polar surface area (TPSA) is 82.5 Å². The minimum absolute atomic E-state index is 0.0618. The van der Waals surface area contributed by atoms with Crippen molar-refractivity contribution in [3.05, 3.63) is 29.6 Å². The van der Waals surface area contributed by atoms with Gasteiger partial charge in [-0.2, -0.15) is 0 Å². The first kappa shape index (κ1) is 14.9. The van der Waals surface area contributed by atoms with Crippen molar-refractivity contribution >= 4 is 12.0 Å². The summed E-state index contributed by atoms with van der Waals surface area (Å²) in [5.74, 6) is -0.919. The van der Waals surface area contributed by atoms with Crippen LogP contribution < -0.4 is 5.32 Å². The molecule has 0 spiro atoms. The third-order valence-electron chi connectivity index (χ3n) is 2.78. The van der Waals surface area contributed by atoms with Crippen molar-refractivity contribution in [2.45, 2.75) is 26.3 Å². The van der Waals surface area contributed by atoms with E-state index in [4.69, 9.17) is 5.11 Å². The fraction of sp³-hybridized carbons (Fsp3) is 0.462. The Morgan fingerprint density at radius 3 is 2.84 bits per heavy atom. The maximum Gasteiger partial charge on any atom is 0.317 e. The molecule has 0 atom stereocenters. The van der Waals surface area contributed by atoms with E-state index in [1.54, 1.807) is 13.2 Å². The number of amides is 2. The van der Waals surface area contributed by atoms with E-state index < -0.39 is 5.97 Å². The average Bonchev–Trinajstić information content (AvgIpc) is 2.42. The first-order chi connectivity index (χ1) is 9.04. The van der Waals surface area contributed by atoms with Gasteiger partial charge >= 0.3 is 12.0 Å². The van der Waals surface area contributed by atoms with E-state index >= 15 is 0 Å². The van der Waals surface area contributed by atoms with Crippen molar-refractivity contribution in [1.29, 1.82) is 0 Å². The molecule has 1 aromatic heterocycles. The van der Waals surface area contributed by atoms with Gasteiger partial charge in [-0.05, 0) is 18.1 Å². The van der Waals surface area contributed by atoms with Gasteiger partial charge in [-0.25, -0.2) is 4.79 Å². The highest BCUT2D eigenvalue weighted by molar-refractivity contribution is 5.74. The summed E-state index contributed by atoms with van der Waals surface area (Å²) < 4.78 is 0. The first-order valence-electron chi connectivity index (χ1n) is 6.18. The van der Waals surface area contributed by atoms with Crippen LogP contribution in [0.25, 0.3) is 0 Å². The molecule has 104 valence electrons. The van der Waals surface area contributed by atoms with Gasteiger partial charge in [-0.1, -0.05) is 13.0 Å². The van der Waals surface area contributed by atoms with E-state index in [9.17, 15) is 9.59 Å². The molecule has 0 unspecified atom stereocenters. The monoisotopic (exact) mass is 265 g/mol. The van der Waals surface area contributed by atoms with E-state index in [0.29, 0.717) is 6.54 Å². The molecule has 0 aliphatic carbocycles. The molecule has 0 fully saturated rings. The summed E-state index contributed by atoms with van der Waals surface area (Å²) in [4.78, 5) is 27.7. The highest BCUT2D eigenvalue weighted by Crippen LogP contribution is 2.05. The number of aromatic nitrogens is 1. The first-order valence-corrected chi connectivity index (χ1v) is 6.18. The number of carbonyl (C=O) groups is 2. The summed E-state index contributed by atoms with van der Waals surface area (Å²) in [5, 5.41) is 11.3. The summed E-state index contributed by atoms with van der Waals surface area (Å²) in [6, 6.07) is 3.54. The predicted octanol–water partition coefficient (Wildman–Crippen LogP) is 1.26. The minimum Gasteiger partial charge on any atom is -0.481 e. The van der Waals surface area contributed by atoms with Gasteiger partial charge in [0.1, 0.15) is 0 Å². The van der Waals surface area contributed by atoms with Gasteiger partial charge in [-0.3, -0.25) is 9.78 Å². The Hall–Kier alpha value is -2.11. The van der Waals surface area contributed by atoms with Crippen LogP contribution in [-0.4, -0.2) is 40.6 Å². The number of nitrogens with one attached hydrogen (secondary N) is 1. The number of pyridine rings is 1. The maximum absolute atomic E-state index is 11.7. The zero-order valence-corrected chi connectivity index (χ0v) is 11.2. The summed E-state index contributed by atoms with van der Waals surface area (Å²) >= 11 is 0. The number of hydrogen-bond donors (Lipinski definition) is 2. The molecule has 6 heteroatoms. The van der Waals surface area contributed by atoms with Crippen LogP contribution in [0.5, 0.6) is 0 Å². The molecule has 0 aliphatic rings. The van der Waals surface area contributed by atoms with Gasteiger partial charge in [0.05, 0.1) is 18.7 Å². The largest absolute Gasteiger partial charge is 0.481 e. The molecule has 19 heavy (non-hydrogen) atoms. The zero-order chi connectivity index (χ0) is 14.3. The van der Waals surface area contributed by atoms with Crippen LogP contribution in [0.15, 0.2) is 18.3 Å². The fourth-order valence-electron chi connectivity index (χ4n) is 1.61. The van der Waals surface area contributed by atoms with Crippen LogP contribution in [0.3, 0.4) is 0 Å². The molecule has 0 bridgehead atoms. The molecule has 0 saturated carbocycles. The molecule has 0 saturated heterocycles. The van der Waals surface area contributed by atoms with Crippen molar-refractivity contribution in [1.82, 2.24) is 15.2 Å². The Balaban J connectivity index is 2.47. The molecule has 1 aromatic rings. The maximum atomic E-state index is 11.7. The van der Waals surface area contributed by atoms with E-state index in [1.807, 2.05) is 19.1 Å². The van der Waals surface area contributed by atoms with Gasteiger partial charge in [0.15, 0.2) is 0 Å². The van der Waals surface area contributed by atoms with Crippen LogP contribution in [0.1, 0.15) is 24.6 Å². The van der Waals surface area contributed by atoms with Crippen molar-refractivity contribution in [2.75, 3.05) is 13.6 Å². The Kier molecular flexibility index (Phi) is 5.78. The standard InChI is InChI=1S/C13H19N3O3/c1-3-10-5-4-7-14-11(10)9-15-13(19)16(2)8-6-12(17)18/h4-5,7H,3,6,8-9H2,1-2H3,(H,15,19)(H,17,18). The van der Waals surface area contributed by atoms with E-state index in [1.165, 1.54) is 4.90 Å². The molecule has 6 nitrogen and oxygen atoms in total. The average molecular weight is 265 g/mol. The molecule has 1 heterocycles. The Labute approximate surface area is 112 Å². The number of nitrogens with zero attached hydrogens (tertiary/aromatic N) is 2. The van der Waals surface area contributed by atoms with Gasteiger partial charge in [-0.15, -0.1) is 0 Å². The summed E-state index contributed by atoms with van der Waals surface area (Å²) in [5.41, 5.74) is 1.93. The molecule has 2 N–H and O–H groups in total. The lowest BCUT2D eigenvalue weighted by Gasteiger charge is -2.17. The zero-order valence-electron chi connectivity index (χ0n) is 11.2. The third-order valence-corrected chi connectivity index (χ3v) is 2.78. The van der Waals surface area contributed by atoms with Gasteiger partial charge in [0, 0.05) is 19.8 Å². The quantitative estimate of drug-likeness (QED) is 0.811. The molecule has 0 aliphatic heterocycles. The lowest BCUT2D eigenvalue weighted by atomic mass is 10.1. The SMILES string of the molecule is CCc1cccnc1CNC(=O)N(C)CCC(=O)O. The van der Waals surface area contributed by atoms with E-state index in [0.717, 1.165) is 17.7 Å². The van der Waals surface area contributed by atoms with Crippen LogP contribution >= 0.6 is 0 Å². The van der Waals surface area contributed by atoms with Crippen molar-refractivity contribution in [2.24, 2.45) is 0 Å². The van der Waals surface area contributed by atoms with Crippen LogP contribution in [-0.2, 0) is 17.8 Å². The van der Waals surface area contributed by atoms with Crippen LogP contribution in [0.4, 0.5) is 4.79 Å². The number of hydrogen-bond acceptors (Lipinski definition) is 3. The number of urea groups is 1. The second kappa shape index (κ2) is 7.35. The van der Waals surface area contributed by atoms with Gasteiger partial charge < -0.3 is 15.3 Å². The number of carboxylic acid groups (broad SMARTS) is 1. The molecule has 0 radical (unpaired) electrons. The van der Waals surface area contributed by atoms with Crippen molar-refractivity contribution in [3.63, 3.8) is 0 Å². The normalized spacial score (nSPS) is 10.0. The lowest BCUT2D eigenvalue weighted by Crippen LogP contribution is -2.38. The Bertz CT molecular complexity index is 449. The number of carbonyl (C=O) groups excluding carboxylic acids is 1. The number of carboxylic acids is 1. The van der Waals surface area contributed by atoms with Gasteiger partial charge in [0.2, 0.25) is 0 Å². The number of aliphatic carboxylic acids is 1. The Morgan fingerprint density at radius 2 is 2.21 bits per heavy atom. The van der Waals surface area contributed by atoms with Crippen LogP contribution in [0.2, 0.25) is 0 Å². The van der Waals surface area contributed by atoms with E-state index in [-0.39, 0.29) is 19.0 Å².